The second-order valence-corrected chi connectivity index (χ2v) is 5.86. The average molecular weight is 338 g/mol. The van der Waals surface area contributed by atoms with Gasteiger partial charge in [-0.25, -0.2) is 0 Å². The number of para-hydroxylation sites is 2. The van der Waals surface area contributed by atoms with Crippen molar-refractivity contribution in [3.63, 3.8) is 0 Å². The van der Waals surface area contributed by atoms with Crippen molar-refractivity contribution in [3.8, 4) is 34.1 Å². The number of rotatable bonds is 5. The van der Waals surface area contributed by atoms with Crippen LogP contribution in [0.3, 0.4) is 0 Å². The summed E-state index contributed by atoms with van der Waals surface area (Å²) in [6, 6.07) is 35.7. The summed E-state index contributed by atoms with van der Waals surface area (Å²) in [5, 5.41) is 0. The second kappa shape index (κ2) is 7.58. The maximum atomic E-state index is 6.12. The van der Waals surface area contributed by atoms with Gasteiger partial charge in [-0.2, -0.15) is 0 Å². The average Bonchev–Trinajstić information content (AvgIpc) is 2.71. The van der Waals surface area contributed by atoms with E-state index in [-0.39, 0.29) is 0 Å². The number of ether oxygens (including phenoxy) is 2. The molecule has 0 aliphatic rings. The van der Waals surface area contributed by atoms with E-state index in [1.807, 2.05) is 97.1 Å². The Morgan fingerprint density at radius 3 is 1.46 bits per heavy atom. The van der Waals surface area contributed by atoms with Crippen LogP contribution in [0.2, 0.25) is 0 Å². The minimum Gasteiger partial charge on any atom is -0.453 e. The highest BCUT2D eigenvalue weighted by atomic mass is 16.5. The number of hydrogen-bond acceptors (Lipinski definition) is 2. The summed E-state index contributed by atoms with van der Waals surface area (Å²) in [4.78, 5) is 0. The van der Waals surface area contributed by atoms with Crippen molar-refractivity contribution >= 4 is 0 Å². The summed E-state index contributed by atoms with van der Waals surface area (Å²) in [5.74, 6) is 2.91. The lowest BCUT2D eigenvalue weighted by atomic mass is 10.1. The third-order valence-corrected chi connectivity index (χ3v) is 3.99. The van der Waals surface area contributed by atoms with Gasteiger partial charge < -0.3 is 9.47 Å². The third kappa shape index (κ3) is 3.76. The molecule has 4 rings (SSSR count). The lowest BCUT2D eigenvalue weighted by Crippen LogP contribution is -1.91. The van der Waals surface area contributed by atoms with E-state index in [0.717, 1.165) is 22.6 Å². The Morgan fingerprint density at radius 1 is 0.385 bits per heavy atom. The first-order valence-electron chi connectivity index (χ1n) is 8.54. The van der Waals surface area contributed by atoms with Crippen LogP contribution in [-0.2, 0) is 0 Å². The molecule has 126 valence electrons. The molecule has 0 aromatic heterocycles. The van der Waals surface area contributed by atoms with Gasteiger partial charge in [-0.05, 0) is 47.5 Å². The first-order chi connectivity index (χ1) is 12.9. The van der Waals surface area contributed by atoms with Crippen molar-refractivity contribution in [2.45, 2.75) is 0 Å². The van der Waals surface area contributed by atoms with Crippen LogP contribution in [0.25, 0.3) is 11.1 Å². The predicted molar refractivity (Wildman–Crippen MR) is 105 cm³/mol. The molecule has 0 bridgehead atoms. The quantitative estimate of drug-likeness (QED) is 0.392. The van der Waals surface area contributed by atoms with Crippen LogP contribution < -0.4 is 9.47 Å². The van der Waals surface area contributed by atoms with Gasteiger partial charge in [0.1, 0.15) is 11.5 Å². The van der Waals surface area contributed by atoms with Gasteiger partial charge in [-0.15, -0.1) is 0 Å². The summed E-state index contributed by atoms with van der Waals surface area (Å²) in [7, 11) is 0. The van der Waals surface area contributed by atoms with Crippen LogP contribution in [0.15, 0.2) is 109 Å². The molecule has 0 heterocycles. The van der Waals surface area contributed by atoms with E-state index in [4.69, 9.17) is 9.47 Å². The van der Waals surface area contributed by atoms with Gasteiger partial charge in [0.2, 0.25) is 0 Å². The highest BCUT2D eigenvalue weighted by molar-refractivity contribution is 5.67. The smallest absolute Gasteiger partial charge is 0.170 e. The minimum absolute atomic E-state index is 0.680. The van der Waals surface area contributed by atoms with E-state index in [9.17, 15) is 0 Å². The van der Waals surface area contributed by atoms with Crippen LogP contribution in [0.1, 0.15) is 0 Å². The van der Waals surface area contributed by atoms with Crippen molar-refractivity contribution < 1.29 is 9.47 Å². The fourth-order valence-electron chi connectivity index (χ4n) is 2.71. The monoisotopic (exact) mass is 338 g/mol. The summed E-state index contributed by atoms with van der Waals surface area (Å²) < 4.78 is 12.2. The second-order valence-electron chi connectivity index (χ2n) is 5.86. The molecule has 0 amide bonds. The zero-order valence-corrected chi connectivity index (χ0v) is 14.2. The summed E-state index contributed by atoms with van der Waals surface area (Å²) in [6.07, 6.45) is 0. The van der Waals surface area contributed by atoms with Gasteiger partial charge in [0.15, 0.2) is 11.5 Å². The molecule has 0 saturated carbocycles. The molecule has 0 aliphatic carbocycles. The molecule has 0 unspecified atom stereocenters. The molecule has 0 atom stereocenters. The molecule has 4 aromatic carbocycles. The topological polar surface area (TPSA) is 18.5 Å². The lowest BCUT2D eigenvalue weighted by Gasteiger charge is -2.14. The van der Waals surface area contributed by atoms with Crippen molar-refractivity contribution in [3.05, 3.63) is 109 Å². The molecule has 0 fully saturated rings. The molecule has 0 spiro atoms. The Bertz CT molecular complexity index is 965. The van der Waals surface area contributed by atoms with Crippen LogP contribution >= 0.6 is 0 Å². The first-order valence-corrected chi connectivity index (χ1v) is 8.54. The fraction of sp³-hybridized carbons (Fsp3) is 0. The number of benzene rings is 4. The molecule has 2 nitrogen and oxygen atoms in total. The number of hydrogen-bond donors (Lipinski definition) is 0. The molecule has 0 saturated heterocycles. The molecular formula is C24H18O2. The van der Waals surface area contributed by atoms with Gasteiger partial charge >= 0.3 is 0 Å². The highest BCUT2D eigenvalue weighted by Crippen LogP contribution is 2.38. The van der Waals surface area contributed by atoms with Crippen molar-refractivity contribution in [1.82, 2.24) is 0 Å². The minimum atomic E-state index is 0.680. The van der Waals surface area contributed by atoms with E-state index >= 15 is 0 Å². The fourth-order valence-corrected chi connectivity index (χ4v) is 2.71. The van der Waals surface area contributed by atoms with Crippen LogP contribution in [0.4, 0.5) is 0 Å². The van der Waals surface area contributed by atoms with E-state index < -0.39 is 0 Å². The lowest BCUT2D eigenvalue weighted by molar-refractivity contribution is 0.419. The van der Waals surface area contributed by atoms with E-state index in [1.54, 1.807) is 0 Å². The van der Waals surface area contributed by atoms with E-state index in [0.29, 0.717) is 11.5 Å². The largest absolute Gasteiger partial charge is 0.453 e. The van der Waals surface area contributed by atoms with E-state index in [2.05, 4.69) is 12.1 Å². The highest BCUT2D eigenvalue weighted by Gasteiger charge is 2.10. The molecule has 2 heteroatoms. The SMILES string of the molecule is c1ccc(Oc2ccc(-c3ccccc3)cc2Oc2ccccc2)cc1. The van der Waals surface area contributed by atoms with Crippen molar-refractivity contribution in [2.24, 2.45) is 0 Å². The Labute approximate surface area is 153 Å². The molecule has 26 heavy (non-hydrogen) atoms. The zero-order chi connectivity index (χ0) is 17.6. The van der Waals surface area contributed by atoms with Gasteiger partial charge in [0.25, 0.3) is 0 Å². The molecular weight excluding hydrogens is 320 g/mol. The molecule has 0 radical (unpaired) electrons. The Morgan fingerprint density at radius 2 is 0.885 bits per heavy atom. The van der Waals surface area contributed by atoms with Crippen LogP contribution in [-0.4, -0.2) is 0 Å². The standard InChI is InChI=1S/C24H18O2/c1-4-10-19(11-5-1)20-16-17-23(25-21-12-6-2-7-13-21)24(18-20)26-22-14-8-3-9-15-22/h1-18H. The Balaban J connectivity index is 1.72. The summed E-state index contributed by atoms with van der Waals surface area (Å²) >= 11 is 0. The van der Waals surface area contributed by atoms with Crippen LogP contribution in [0.5, 0.6) is 23.0 Å². The van der Waals surface area contributed by atoms with Gasteiger partial charge in [-0.1, -0.05) is 72.8 Å². The predicted octanol–water partition coefficient (Wildman–Crippen LogP) is 6.94. The Hall–Kier alpha value is -3.52. The molecule has 4 aromatic rings. The first kappa shape index (κ1) is 16.0. The Kier molecular flexibility index (Phi) is 4.66. The maximum Gasteiger partial charge on any atom is 0.170 e. The third-order valence-electron chi connectivity index (χ3n) is 3.99. The summed E-state index contributed by atoms with van der Waals surface area (Å²) in [5.41, 5.74) is 2.22. The maximum absolute atomic E-state index is 6.12. The van der Waals surface area contributed by atoms with Crippen molar-refractivity contribution in [1.29, 1.82) is 0 Å². The normalized spacial score (nSPS) is 10.3. The van der Waals surface area contributed by atoms with Gasteiger partial charge in [-0.3, -0.25) is 0 Å². The molecule has 0 aliphatic heterocycles. The molecule has 0 N–H and O–H groups in total. The van der Waals surface area contributed by atoms with Gasteiger partial charge in [0, 0.05) is 0 Å². The van der Waals surface area contributed by atoms with Crippen LogP contribution in [0, 0.1) is 0 Å². The van der Waals surface area contributed by atoms with Crippen molar-refractivity contribution in [2.75, 3.05) is 0 Å². The zero-order valence-electron chi connectivity index (χ0n) is 14.2. The van der Waals surface area contributed by atoms with Gasteiger partial charge in [0.05, 0.1) is 0 Å². The van der Waals surface area contributed by atoms with E-state index in [1.165, 1.54) is 0 Å². The summed E-state index contributed by atoms with van der Waals surface area (Å²) in [6.45, 7) is 0.